The first-order valence-corrected chi connectivity index (χ1v) is 6.72. The van der Waals surface area contributed by atoms with E-state index in [4.69, 9.17) is 5.73 Å². The van der Waals surface area contributed by atoms with E-state index in [1.54, 1.807) is 31.2 Å². The fourth-order valence-corrected chi connectivity index (χ4v) is 2.00. The molecule has 21 heavy (non-hydrogen) atoms. The lowest BCUT2D eigenvalue weighted by Crippen LogP contribution is -2.40. The lowest BCUT2D eigenvalue weighted by Gasteiger charge is -2.22. The van der Waals surface area contributed by atoms with Gasteiger partial charge in [-0.25, -0.2) is 0 Å². The Morgan fingerprint density at radius 3 is 2.57 bits per heavy atom. The van der Waals surface area contributed by atoms with Gasteiger partial charge in [0.25, 0.3) is 0 Å². The molecule has 1 amide bonds. The maximum atomic E-state index is 12.4. The molecule has 1 aromatic carbocycles. The topological polar surface area (TPSA) is 58.4 Å². The van der Waals surface area contributed by atoms with Gasteiger partial charge in [0.05, 0.1) is 13.1 Å². The third kappa shape index (κ3) is 6.59. The highest BCUT2D eigenvalue weighted by atomic mass is 19.4. The predicted octanol–water partition coefficient (Wildman–Crippen LogP) is 2.36. The van der Waals surface area contributed by atoms with Crippen LogP contribution in [0.2, 0.25) is 0 Å². The van der Waals surface area contributed by atoms with Crippen molar-refractivity contribution in [2.75, 3.05) is 25.0 Å². The van der Waals surface area contributed by atoms with E-state index in [1.807, 2.05) is 0 Å². The highest BCUT2D eigenvalue weighted by Gasteiger charge is 2.31. The summed E-state index contributed by atoms with van der Waals surface area (Å²) in [5.74, 6) is -0.478. The number of carbonyl (C=O) groups excluding carboxylic acids is 1. The Morgan fingerprint density at radius 1 is 1.33 bits per heavy atom. The number of nitrogens with two attached hydrogens (primary N) is 1. The Morgan fingerprint density at radius 2 is 2.00 bits per heavy atom. The lowest BCUT2D eigenvalue weighted by molar-refractivity contribution is -0.147. The van der Waals surface area contributed by atoms with Gasteiger partial charge in [-0.05, 0) is 24.6 Å². The van der Waals surface area contributed by atoms with Gasteiger partial charge < -0.3 is 11.1 Å². The van der Waals surface area contributed by atoms with Gasteiger partial charge >= 0.3 is 6.18 Å². The zero-order valence-electron chi connectivity index (χ0n) is 11.9. The smallest absolute Gasteiger partial charge is 0.326 e. The molecule has 1 aromatic rings. The third-order valence-corrected chi connectivity index (χ3v) is 2.82. The Kier molecular flexibility index (Phi) is 6.64. The van der Waals surface area contributed by atoms with E-state index < -0.39 is 18.6 Å². The van der Waals surface area contributed by atoms with Gasteiger partial charge in [0.15, 0.2) is 0 Å². The molecule has 0 aliphatic heterocycles. The standard InChI is InChI=1S/C14H20F3N3O/c1-2-7-20(10-14(15,16)17)9-13(21)19-12-6-4-3-5-11(12)8-18/h3-6H,2,7-10,18H2,1H3,(H,19,21). The summed E-state index contributed by atoms with van der Waals surface area (Å²) in [4.78, 5) is 13.0. The number of halogens is 3. The fourth-order valence-electron chi connectivity index (χ4n) is 2.00. The van der Waals surface area contributed by atoms with Crippen LogP contribution >= 0.6 is 0 Å². The van der Waals surface area contributed by atoms with Gasteiger partial charge in [0.2, 0.25) is 5.91 Å². The summed E-state index contributed by atoms with van der Waals surface area (Å²) in [6, 6.07) is 6.95. The van der Waals surface area contributed by atoms with Gasteiger partial charge in [0, 0.05) is 12.2 Å². The third-order valence-electron chi connectivity index (χ3n) is 2.82. The average molecular weight is 303 g/mol. The maximum Gasteiger partial charge on any atom is 0.401 e. The molecule has 3 N–H and O–H groups in total. The molecule has 0 aliphatic carbocycles. The van der Waals surface area contributed by atoms with Crippen molar-refractivity contribution in [1.29, 1.82) is 0 Å². The Bertz CT molecular complexity index is 463. The molecule has 0 radical (unpaired) electrons. The van der Waals surface area contributed by atoms with Crippen molar-refractivity contribution in [2.24, 2.45) is 5.73 Å². The first-order valence-electron chi connectivity index (χ1n) is 6.72. The fraction of sp³-hybridized carbons (Fsp3) is 0.500. The second kappa shape index (κ2) is 7.99. The van der Waals surface area contributed by atoms with E-state index in [-0.39, 0.29) is 19.6 Å². The molecule has 7 heteroatoms. The number of nitrogens with zero attached hydrogens (tertiary/aromatic N) is 1. The minimum absolute atomic E-state index is 0.214. The molecular weight excluding hydrogens is 283 g/mol. The molecule has 0 saturated carbocycles. The summed E-state index contributed by atoms with van der Waals surface area (Å²) >= 11 is 0. The summed E-state index contributed by atoms with van der Waals surface area (Å²) in [5.41, 5.74) is 6.82. The second-order valence-corrected chi connectivity index (χ2v) is 4.74. The number of rotatable bonds is 7. The molecule has 0 bridgehead atoms. The molecule has 0 aromatic heterocycles. The van der Waals surface area contributed by atoms with Crippen molar-refractivity contribution in [1.82, 2.24) is 4.90 Å². The molecule has 0 heterocycles. The summed E-state index contributed by atoms with van der Waals surface area (Å²) < 4.78 is 37.3. The number of amides is 1. The van der Waals surface area contributed by atoms with Crippen molar-refractivity contribution in [2.45, 2.75) is 26.1 Å². The molecule has 0 atom stereocenters. The van der Waals surface area contributed by atoms with E-state index in [1.165, 1.54) is 0 Å². The Balaban J connectivity index is 2.65. The first kappa shape index (κ1) is 17.5. The van der Waals surface area contributed by atoms with E-state index in [9.17, 15) is 18.0 Å². The maximum absolute atomic E-state index is 12.4. The van der Waals surface area contributed by atoms with Crippen LogP contribution in [0.25, 0.3) is 0 Å². The molecule has 4 nitrogen and oxygen atoms in total. The molecule has 0 unspecified atom stereocenters. The van der Waals surface area contributed by atoms with Crippen molar-refractivity contribution >= 4 is 11.6 Å². The molecule has 1 rings (SSSR count). The number of benzene rings is 1. The van der Waals surface area contributed by atoms with Crippen molar-refractivity contribution < 1.29 is 18.0 Å². The monoisotopic (exact) mass is 303 g/mol. The average Bonchev–Trinajstić information content (AvgIpc) is 2.37. The molecular formula is C14H20F3N3O. The van der Waals surface area contributed by atoms with Crippen LogP contribution in [0.3, 0.4) is 0 Å². The minimum atomic E-state index is -4.31. The predicted molar refractivity (Wildman–Crippen MR) is 75.7 cm³/mol. The number of anilines is 1. The van der Waals surface area contributed by atoms with E-state index in [2.05, 4.69) is 5.32 Å². The van der Waals surface area contributed by atoms with Crippen LogP contribution in [0.1, 0.15) is 18.9 Å². The number of nitrogens with one attached hydrogen (secondary N) is 1. The Labute approximate surface area is 122 Å². The number of para-hydroxylation sites is 1. The second-order valence-electron chi connectivity index (χ2n) is 4.74. The zero-order chi connectivity index (χ0) is 15.9. The molecule has 0 aliphatic rings. The number of alkyl halides is 3. The largest absolute Gasteiger partial charge is 0.401 e. The number of hydrogen-bond acceptors (Lipinski definition) is 3. The van der Waals surface area contributed by atoms with Crippen molar-refractivity contribution in [3.8, 4) is 0 Å². The van der Waals surface area contributed by atoms with Gasteiger partial charge in [-0.1, -0.05) is 25.1 Å². The van der Waals surface area contributed by atoms with Crippen LogP contribution in [0.15, 0.2) is 24.3 Å². The van der Waals surface area contributed by atoms with Crippen molar-refractivity contribution in [3.05, 3.63) is 29.8 Å². The molecule has 0 saturated heterocycles. The quantitative estimate of drug-likeness (QED) is 0.813. The van der Waals surface area contributed by atoms with E-state index in [0.29, 0.717) is 12.1 Å². The minimum Gasteiger partial charge on any atom is -0.326 e. The summed E-state index contributed by atoms with van der Waals surface area (Å²) in [7, 11) is 0. The van der Waals surface area contributed by atoms with Crippen molar-refractivity contribution in [3.63, 3.8) is 0 Å². The highest BCUT2D eigenvalue weighted by Crippen LogP contribution is 2.17. The summed E-state index contributed by atoms with van der Waals surface area (Å²) in [5, 5.41) is 2.61. The SMILES string of the molecule is CCCN(CC(=O)Nc1ccccc1CN)CC(F)(F)F. The number of hydrogen-bond donors (Lipinski definition) is 2. The molecule has 118 valence electrons. The zero-order valence-corrected chi connectivity index (χ0v) is 11.9. The molecule has 0 fully saturated rings. The van der Waals surface area contributed by atoms with Crippen LogP contribution in [0.5, 0.6) is 0 Å². The highest BCUT2D eigenvalue weighted by molar-refractivity contribution is 5.93. The van der Waals surface area contributed by atoms with Crippen LogP contribution in [-0.4, -0.2) is 36.6 Å². The molecule has 0 spiro atoms. The van der Waals surface area contributed by atoms with Gasteiger partial charge in [-0.3, -0.25) is 9.69 Å². The van der Waals surface area contributed by atoms with Crippen LogP contribution in [0, 0.1) is 0 Å². The summed E-state index contributed by atoms with van der Waals surface area (Å²) in [6.45, 7) is 0.840. The van der Waals surface area contributed by atoms with Gasteiger partial charge in [0.1, 0.15) is 0 Å². The van der Waals surface area contributed by atoms with E-state index >= 15 is 0 Å². The number of carbonyl (C=O) groups is 1. The van der Waals surface area contributed by atoms with Gasteiger partial charge in [-0.2, -0.15) is 13.2 Å². The van der Waals surface area contributed by atoms with Gasteiger partial charge in [-0.15, -0.1) is 0 Å². The van der Waals surface area contributed by atoms with E-state index in [0.717, 1.165) is 10.5 Å². The first-order chi connectivity index (χ1) is 9.85. The van der Waals surface area contributed by atoms with Crippen LogP contribution in [-0.2, 0) is 11.3 Å². The lowest BCUT2D eigenvalue weighted by atomic mass is 10.2. The Hall–Kier alpha value is -1.60. The summed E-state index contributed by atoms with van der Waals surface area (Å²) in [6.07, 6.45) is -3.77. The van der Waals surface area contributed by atoms with Crippen LogP contribution < -0.4 is 11.1 Å². The normalized spacial score (nSPS) is 11.7. The van der Waals surface area contributed by atoms with Crippen LogP contribution in [0.4, 0.5) is 18.9 Å².